The van der Waals surface area contributed by atoms with E-state index in [0.29, 0.717) is 37.2 Å². The van der Waals surface area contributed by atoms with Gasteiger partial charge in [0.05, 0.1) is 5.56 Å². The zero-order valence-corrected chi connectivity index (χ0v) is 14.4. The lowest BCUT2D eigenvalue weighted by Crippen LogP contribution is -2.40. The molecule has 6 heteroatoms. The summed E-state index contributed by atoms with van der Waals surface area (Å²) in [4.78, 5) is 18.4. The fourth-order valence-electron chi connectivity index (χ4n) is 3.51. The molecule has 138 valence electrons. The maximum absolute atomic E-state index is 13.1. The van der Waals surface area contributed by atoms with Crippen LogP contribution in [0, 0.1) is 5.92 Å². The first-order chi connectivity index (χ1) is 12.4. The van der Waals surface area contributed by atoms with Gasteiger partial charge in [0.1, 0.15) is 5.69 Å². The van der Waals surface area contributed by atoms with E-state index in [4.69, 9.17) is 0 Å². The third kappa shape index (κ3) is 4.42. The number of rotatable bonds is 4. The molecule has 1 aliphatic heterocycles. The van der Waals surface area contributed by atoms with Gasteiger partial charge in [0, 0.05) is 19.3 Å². The van der Waals surface area contributed by atoms with Crippen molar-refractivity contribution in [1.29, 1.82) is 0 Å². The highest BCUT2D eigenvalue weighted by atomic mass is 19.4. The van der Waals surface area contributed by atoms with Crippen LogP contribution in [-0.4, -0.2) is 28.9 Å². The Morgan fingerprint density at radius 3 is 2.65 bits per heavy atom. The Morgan fingerprint density at radius 1 is 1.15 bits per heavy atom. The van der Waals surface area contributed by atoms with Gasteiger partial charge in [-0.25, -0.2) is 0 Å². The Balaban J connectivity index is 1.62. The third-order valence-corrected chi connectivity index (χ3v) is 4.83. The lowest BCUT2D eigenvalue weighted by molar-refractivity contribution is -0.138. The molecule has 0 spiro atoms. The molecule has 0 aliphatic carbocycles. The summed E-state index contributed by atoms with van der Waals surface area (Å²) in [5.41, 5.74) is 0.181. The molecule has 2 aromatic rings. The molecule has 1 aromatic heterocycles. The molecular formula is C20H21F3N2O. The van der Waals surface area contributed by atoms with Crippen molar-refractivity contribution in [3.05, 3.63) is 65.5 Å². The number of pyridine rings is 1. The van der Waals surface area contributed by atoms with Crippen LogP contribution < -0.4 is 0 Å². The van der Waals surface area contributed by atoms with Gasteiger partial charge in [-0.3, -0.25) is 9.78 Å². The highest BCUT2D eigenvalue weighted by Crippen LogP contribution is 2.33. The van der Waals surface area contributed by atoms with Crippen LogP contribution in [0.1, 0.15) is 40.9 Å². The number of carbonyl (C=O) groups excluding carboxylic acids is 1. The van der Waals surface area contributed by atoms with E-state index in [1.165, 1.54) is 6.07 Å². The average molecular weight is 362 g/mol. The first kappa shape index (κ1) is 18.4. The predicted octanol–water partition coefficient (Wildman–Crippen LogP) is 4.59. The van der Waals surface area contributed by atoms with E-state index in [9.17, 15) is 18.0 Å². The molecule has 0 N–H and O–H groups in total. The van der Waals surface area contributed by atoms with Crippen molar-refractivity contribution in [2.45, 2.75) is 31.9 Å². The zero-order valence-electron chi connectivity index (χ0n) is 14.4. The molecule has 3 rings (SSSR count). The van der Waals surface area contributed by atoms with Crippen molar-refractivity contribution in [1.82, 2.24) is 9.88 Å². The Hall–Kier alpha value is -2.37. The maximum atomic E-state index is 13.1. The average Bonchev–Trinajstić information content (AvgIpc) is 2.66. The van der Waals surface area contributed by atoms with E-state index < -0.39 is 11.7 Å². The zero-order chi connectivity index (χ0) is 18.6. The fourth-order valence-corrected chi connectivity index (χ4v) is 3.51. The van der Waals surface area contributed by atoms with Gasteiger partial charge in [0.15, 0.2) is 0 Å². The Labute approximate surface area is 150 Å². The molecular weight excluding hydrogens is 341 g/mol. The molecule has 2 heterocycles. The van der Waals surface area contributed by atoms with E-state index >= 15 is 0 Å². The predicted molar refractivity (Wildman–Crippen MR) is 92.6 cm³/mol. The van der Waals surface area contributed by atoms with E-state index in [1.807, 2.05) is 0 Å². The minimum absolute atomic E-state index is 0.106. The van der Waals surface area contributed by atoms with E-state index in [-0.39, 0.29) is 11.8 Å². The minimum atomic E-state index is -4.33. The molecule has 1 atom stereocenters. The Bertz CT molecular complexity index is 746. The third-order valence-electron chi connectivity index (χ3n) is 4.83. The number of likely N-dealkylation sites (tertiary alicyclic amines) is 1. The van der Waals surface area contributed by atoms with Crippen molar-refractivity contribution in [2.75, 3.05) is 13.1 Å². The van der Waals surface area contributed by atoms with Crippen LogP contribution >= 0.6 is 0 Å². The Kier molecular flexibility index (Phi) is 5.59. The van der Waals surface area contributed by atoms with Crippen molar-refractivity contribution in [2.24, 2.45) is 5.92 Å². The van der Waals surface area contributed by atoms with Gasteiger partial charge < -0.3 is 4.90 Å². The molecule has 1 fully saturated rings. The van der Waals surface area contributed by atoms with Gasteiger partial charge in [0.25, 0.3) is 5.91 Å². The molecule has 3 nitrogen and oxygen atoms in total. The first-order valence-corrected chi connectivity index (χ1v) is 8.80. The monoisotopic (exact) mass is 362 g/mol. The molecule has 0 saturated carbocycles. The van der Waals surface area contributed by atoms with Gasteiger partial charge in [-0.05, 0) is 55.4 Å². The summed E-state index contributed by atoms with van der Waals surface area (Å²) in [7, 11) is 0. The second-order valence-electron chi connectivity index (χ2n) is 6.67. The van der Waals surface area contributed by atoms with Crippen LogP contribution in [0.15, 0.2) is 48.7 Å². The lowest BCUT2D eigenvalue weighted by Gasteiger charge is -2.32. The summed E-state index contributed by atoms with van der Waals surface area (Å²) >= 11 is 0. The molecule has 1 aromatic carbocycles. The minimum Gasteiger partial charge on any atom is -0.337 e. The van der Waals surface area contributed by atoms with E-state index in [0.717, 1.165) is 18.9 Å². The number of alkyl halides is 3. The number of piperidine rings is 1. The first-order valence-electron chi connectivity index (χ1n) is 8.80. The van der Waals surface area contributed by atoms with Crippen molar-refractivity contribution in [3.8, 4) is 0 Å². The molecule has 1 unspecified atom stereocenters. The summed E-state index contributed by atoms with van der Waals surface area (Å²) in [5.74, 6) is 0.101. The van der Waals surface area contributed by atoms with Crippen LogP contribution in [0.5, 0.6) is 0 Å². The summed E-state index contributed by atoms with van der Waals surface area (Å²) in [5, 5.41) is 0. The van der Waals surface area contributed by atoms with Crippen LogP contribution in [0.25, 0.3) is 0 Å². The van der Waals surface area contributed by atoms with Crippen molar-refractivity contribution < 1.29 is 18.0 Å². The number of nitrogens with zero attached hydrogens (tertiary/aromatic N) is 2. The smallest absolute Gasteiger partial charge is 0.337 e. The quantitative estimate of drug-likeness (QED) is 0.797. The molecule has 0 bridgehead atoms. The summed E-state index contributed by atoms with van der Waals surface area (Å²) < 4.78 is 39.3. The highest BCUT2D eigenvalue weighted by molar-refractivity contribution is 5.92. The van der Waals surface area contributed by atoms with Crippen LogP contribution in [0.2, 0.25) is 0 Å². The van der Waals surface area contributed by atoms with Gasteiger partial charge in [-0.15, -0.1) is 0 Å². The van der Waals surface area contributed by atoms with Crippen molar-refractivity contribution in [3.63, 3.8) is 0 Å². The molecule has 1 aliphatic rings. The standard InChI is InChI=1S/C20H21F3N2O/c21-20(22,23)17-8-2-1-7-16(17)11-10-15-6-5-13-25(14-15)19(26)18-9-3-4-12-24-18/h1-4,7-9,12,15H,5-6,10-11,13-14H2. The largest absolute Gasteiger partial charge is 0.416 e. The van der Waals surface area contributed by atoms with E-state index in [1.54, 1.807) is 41.4 Å². The molecule has 1 amide bonds. The Morgan fingerprint density at radius 2 is 1.92 bits per heavy atom. The highest BCUT2D eigenvalue weighted by Gasteiger charge is 2.33. The van der Waals surface area contributed by atoms with Crippen LogP contribution in [0.3, 0.4) is 0 Å². The van der Waals surface area contributed by atoms with E-state index in [2.05, 4.69) is 4.98 Å². The topological polar surface area (TPSA) is 33.2 Å². The molecule has 26 heavy (non-hydrogen) atoms. The fraction of sp³-hybridized carbons (Fsp3) is 0.400. The van der Waals surface area contributed by atoms with Gasteiger partial charge in [-0.1, -0.05) is 24.3 Å². The SMILES string of the molecule is O=C(c1ccccn1)N1CCCC(CCc2ccccc2C(F)(F)F)C1. The van der Waals surface area contributed by atoms with Gasteiger partial charge in [-0.2, -0.15) is 13.2 Å². The number of aromatic nitrogens is 1. The van der Waals surface area contributed by atoms with Crippen molar-refractivity contribution >= 4 is 5.91 Å². The van der Waals surface area contributed by atoms with Gasteiger partial charge >= 0.3 is 6.18 Å². The van der Waals surface area contributed by atoms with Crippen LogP contribution in [0.4, 0.5) is 13.2 Å². The second-order valence-corrected chi connectivity index (χ2v) is 6.67. The normalized spacial score (nSPS) is 18.0. The van der Waals surface area contributed by atoms with Crippen LogP contribution in [-0.2, 0) is 12.6 Å². The summed E-state index contributed by atoms with van der Waals surface area (Å²) in [6.45, 7) is 1.24. The summed E-state index contributed by atoms with van der Waals surface area (Å²) in [6, 6.07) is 11.0. The summed E-state index contributed by atoms with van der Waals surface area (Å²) in [6.07, 6.45) is 0.0578. The van der Waals surface area contributed by atoms with Gasteiger partial charge in [0.2, 0.25) is 0 Å². The maximum Gasteiger partial charge on any atom is 0.416 e. The number of benzene rings is 1. The second kappa shape index (κ2) is 7.89. The number of hydrogen-bond donors (Lipinski definition) is 0. The number of aryl methyl sites for hydroxylation is 1. The number of hydrogen-bond acceptors (Lipinski definition) is 2. The lowest BCUT2D eigenvalue weighted by atomic mass is 9.90. The molecule has 0 radical (unpaired) electrons. The molecule has 1 saturated heterocycles. The number of amides is 1. The number of halogens is 3. The number of carbonyl (C=O) groups is 1.